The highest BCUT2D eigenvalue weighted by Gasteiger charge is 2.42. The minimum atomic E-state index is -0.555. The Morgan fingerprint density at radius 2 is 1.81 bits per heavy atom. The molecule has 2 amide bonds. The van der Waals surface area contributed by atoms with E-state index in [1.54, 1.807) is 12.0 Å². The van der Waals surface area contributed by atoms with E-state index in [1.165, 1.54) is 11.3 Å². The molecule has 1 spiro atoms. The number of rotatable bonds is 5. The molecule has 7 nitrogen and oxygen atoms in total. The molecule has 2 aliphatic rings. The van der Waals surface area contributed by atoms with Crippen molar-refractivity contribution in [2.45, 2.75) is 58.7 Å². The Balaban J connectivity index is 1.67. The molecule has 0 radical (unpaired) electrons. The van der Waals surface area contributed by atoms with Crippen molar-refractivity contribution < 1.29 is 23.8 Å². The second kappa shape index (κ2) is 10.2. The number of benzene rings is 1. The average Bonchev–Trinajstić information content (AvgIpc) is 3.33. The number of amides is 2. The second-order valence-electron chi connectivity index (χ2n) is 10.2. The molecule has 8 heteroatoms. The highest BCUT2D eigenvalue weighted by Crippen LogP contribution is 2.48. The molecule has 36 heavy (non-hydrogen) atoms. The summed E-state index contributed by atoms with van der Waals surface area (Å²) in [7, 11) is 1.65. The van der Waals surface area contributed by atoms with Crippen LogP contribution in [0.2, 0.25) is 0 Å². The summed E-state index contributed by atoms with van der Waals surface area (Å²) in [5.74, 6) is 1.52. The van der Waals surface area contributed by atoms with Crippen LogP contribution in [-0.4, -0.2) is 66.3 Å². The van der Waals surface area contributed by atoms with E-state index in [0.29, 0.717) is 43.9 Å². The number of piperidine rings is 1. The van der Waals surface area contributed by atoms with Crippen LogP contribution in [0.3, 0.4) is 0 Å². The van der Waals surface area contributed by atoms with Crippen molar-refractivity contribution >= 4 is 28.9 Å². The number of methoxy groups -OCH3 is 1. The molecule has 0 saturated carbocycles. The van der Waals surface area contributed by atoms with E-state index in [2.05, 4.69) is 6.08 Å². The van der Waals surface area contributed by atoms with Crippen LogP contribution in [0.4, 0.5) is 4.79 Å². The Morgan fingerprint density at radius 1 is 1.11 bits per heavy atom. The SMILES string of the molecule is CCN(CC)C(=O)c1ccc(C2=CC3(CCN(C(=O)OC(C)(C)C)CC3)Oc3cccc(OC)c32)s1. The van der Waals surface area contributed by atoms with E-state index in [4.69, 9.17) is 14.2 Å². The van der Waals surface area contributed by atoms with Gasteiger partial charge in [-0.15, -0.1) is 11.3 Å². The van der Waals surface area contributed by atoms with Crippen molar-refractivity contribution in [2.75, 3.05) is 33.3 Å². The van der Waals surface area contributed by atoms with E-state index in [0.717, 1.165) is 27.5 Å². The van der Waals surface area contributed by atoms with Crippen LogP contribution >= 0.6 is 11.3 Å². The second-order valence-corrected chi connectivity index (χ2v) is 11.3. The lowest BCUT2D eigenvalue weighted by Crippen LogP contribution is -2.50. The van der Waals surface area contributed by atoms with Crippen LogP contribution in [0.5, 0.6) is 11.5 Å². The molecular formula is C28H36N2O5S. The van der Waals surface area contributed by atoms with Gasteiger partial charge in [0.15, 0.2) is 0 Å². The maximum Gasteiger partial charge on any atom is 0.410 e. The third-order valence-corrected chi connectivity index (χ3v) is 7.70. The zero-order valence-electron chi connectivity index (χ0n) is 22.1. The largest absolute Gasteiger partial charge is 0.496 e. The molecule has 0 N–H and O–H groups in total. The van der Waals surface area contributed by atoms with Crippen molar-refractivity contribution in [2.24, 2.45) is 0 Å². The van der Waals surface area contributed by atoms with Crippen molar-refractivity contribution in [3.8, 4) is 11.5 Å². The molecule has 1 aromatic carbocycles. The number of thiophene rings is 1. The van der Waals surface area contributed by atoms with Crippen LogP contribution in [0, 0.1) is 0 Å². The number of nitrogens with zero attached hydrogens (tertiary/aromatic N) is 2. The van der Waals surface area contributed by atoms with Crippen molar-refractivity contribution in [1.29, 1.82) is 0 Å². The lowest BCUT2D eigenvalue weighted by molar-refractivity contribution is -0.00121. The first kappa shape index (κ1) is 26.1. The highest BCUT2D eigenvalue weighted by atomic mass is 32.1. The van der Waals surface area contributed by atoms with Crippen LogP contribution in [0.1, 0.15) is 67.6 Å². The number of likely N-dealkylation sites (tertiary alicyclic amines) is 1. The topological polar surface area (TPSA) is 68.3 Å². The summed E-state index contributed by atoms with van der Waals surface area (Å²) in [6.45, 7) is 12.0. The summed E-state index contributed by atoms with van der Waals surface area (Å²) < 4.78 is 17.9. The van der Waals surface area contributed by atoms with Crippen molar-refractivity contribution in [3.63, 3.8) is 0 Å². The predicted molar refractivity (Wildman–Crippen MR) is 142 cm³/mol. The average molecular weight is 513 g/mol. The Labute approximate surface area is 217 Å². The van der Waals surface area contributed by atoms with Gasteiger partial charge in [-0.05, 0) is 65.0 Å². The summed E-state index contributed by atoms with van der Waals surface area (Å²) in [5, 5.41) is 0. The van der Waals surface area contributed by atoms with Gasteiger partial charge in [0.2, 0.25) is 0 Å². The standard InChI is InChI=1S/C28H36N2O5S/c1-7-29(8-2)25(31)23-13-12-22(36-23)19-18-28(34-21-11-9-10-20(33-6)24(19)21)14-16-30(17-15-28)26(32)35-27(3,4)5/h9-13,18H,7-8,14-17H2,1-6H3. The fraction of sp³-hybridized carbons (Fsp3) is 0.500. The van der Waals surface area contributed by atoms with Crippen molar-refractivity contribution in [3.05, 3.63) is 51.7 Å². The normalized spacial score (nSPS) is 16.6. The van der Waals surface area contributed by atoms with Crippen LogP contribution in [-0.2, 0) is 4.74 Å². The molecule has 194 valence electrons. The molecular weight excluding hydrogens is 476 g/mol. The number of carbonyl (C=O) groups excluding carboxylic acids is 2. The maximum absolute atomic E-state index is 13.0. The molecule has 0 unspecified atom stereocenters. The lowest BCUT2D eigenvalue weighted by Gasteiger charge is -2.43. The van der Waals surface area contributed by atoms with Gasteiger partial charge >= 0.3 is 6.09 Å². The molecule has 4 rings (SSSR count). The molecule has 1 saturated heterocycles. The number of carbonyl (C=O) groups is 2. The maximum atomic E-state index is 13.0. The van der Waals surface area contributed by atoms with Gasteiger partial charge in [0.1, 0.15) is 22.7 Å². The van der Waals surface area contributed by atoms with Crippen molar-refractivity contribution in [1.82, 2.24) is 9.80 Å². The van der Waals surface area contributed by atoms with E-state index in [9.17, 15) is 9.59 Å². The summed E-state index contributed by atoms with van der Waals surface area (Å²) in [4.78, 5) is 30.9. The summed E-state index contributed by atoms with van der Waals surface area (Å²) in [5.41, 5.74) is 0.808. The fourth-order valence-electron chi connectivity index (χ4n) is 4.71. The minimum absolute atomic E-state index is 0.0459. The van der Waals surface area contributed by atoms with Crippen LogP contribution in [0.15, 0.2) is 36.4 Å². The first-order valence-corrected chi connectivity index (χ1v) is 13.4. The van der Waals surface area contributed by atoms with Gasteiger partial charge < -0.3 is 24.0 Å². The monoisotopic (exact) mass is 512 g/mol. The third kappa shape index (κ3) is 5.24. The Hall–Kier alpha value is -3.00. The molecule has 2 aliphatic heterocycles. The van der Waals surface area contributed by atoms with E-state index < -0.39 is 11.2 Å². The molecule has 3 heterocycles. The molecule has 0 bridgehead atoms. The van der Waals surface area contributed by atoms with Gasteiger partial charge in [-0.1, -0.05) is 6.07 Å². The quantitative estimate of drug-likeness (QED) is 0.504. The Morgan fingerprint density at radius 3 is 2.42 bits per heavy atom. The van der Waals surface area contributed by atoms with Gasteiger partial charge in [-0.25, -0.2) is 4.79 Å². The predicted octanol–water partition coefficient (Wildman–Crippen LogP) is 5.83. The molecule has 2 aromatic rings. The van der Waals surface area contributed by atoms with Crippen LogP contribution < -0.4 is 9.47 Å². The fourth-order valence-corrected chi connectivity index (χ4v) is 5.71. The zero-order valence-corrected chi connectivity index (χ0v) is 22.9. The Kier molecular flexibility index (Phi) is 7.36. The number of hydrogen-bond donors (Lipinski definition) is 0. The lowest BCUT2D eigenvalue weighted by atomic mass is 9.84. The zero-order chi connectivity index (χ0) is 26.1. The minimum Gasteiger partial charge on any atom is -0.496 e. The molecule has 1 aromatic heterocycles. The van der Waals surface area contributed by atoms with E-state index in [1.807, 2.05) is 69.9 Å². The number of hydrogen-bond acceptors (Lipinski definition) is 6. The number of fused-ring (bicyclic) bond motifs is 1. The van der Waals surface area contributed by atoms with E-state index >= 15 is 0 Å². The summed E-state index contributed by atoms with van der Waals surface area (Å²) in [6.07, 6.45) is 3.16. The van der Waals surface area contributed by atoms with E-state index in [-0.39, 0.29) is 12.0 Å². The Bertz CT molecular complexity index is 1150. The van der Waals surface area contributed by atoms with Crippen LogP contribution in [0.25, 0.3) is 5.57 Å². The van der Waals surface area contributed by atoms with Gasteiger partial charge in [-0.3, -0.25) is 4.79 Å². The molecule has 1 fully saturated rings. The summed E-state index contributed by atoms with van der Waals surface area (Å²) >= 11 is 1.49. The third-order valence-electron chi connectivity index (χ3n) is 6.59. The molecule has 0 atom stereocenters. The first-order valence-electron chi connectivity index (χ1n) is 12.6. The highest BCUT2D eigenvalue weighted by molar-refractivity contribution is 7.15. The smallest absolute Gasteiger partial charge is 0.410 e. The number of ether oxygens (including phenoxy) is 3. The van der Waals surface area contributed by atoms with Gasteiger partial charge in [0.25, 0.3) is 5.91 Å². The summed E-state index contributed by atoms with van der Waals surface area (Å²) in [6, 6.07) is 9.73. The first-order chi connectivity index (χ1) is 17.1. The van der Waals surface area contributed by atoms with Gasteiger partial charge in [-0.2, -0.15) is 0 Å². The van der Waals surface area contributed by atoms with Gasteiger partial charge in [0.05, 0.1) is 17.6 Å². The molecule has 0 aliphatic carbocycles. The van der Waals surface area contributed by atoms with Gasteiger partial charge in [0, 0.05) is 49.5 Å².